The summed E-state index contributed by atoms with van der Waals surface area (Å²) in [5.74, 6) is 0.449. The lowest BCUT2D eigenvalue weighted by molar-refractivity contribution is 0.217. The first-order valence-corrected chi connectivity index (χ1v) is 6.92. The van der Waals surface area contributed by atoms with Crippen LogP contribution in [0.25, 0.3) is 0 Å². The molecule has 0 aliphatic heterocycles. The number of rotatable bonds is 5. The highest BCUT2D eigenvalue weighted by atomic mass is 32.1. The Hall–Kier alpha value is -1.10. The lowest BCUT2D eigenvalue weighted by Gasteiger charge is -2.18. The fourth-order valence-electron chi connectivity index (χ4n) is 1.48. The van der Waals surface area contributed by atoms with Gasteiger partial charge in [-0.05, 0) is 43.8 Å². The van der Waals surface area contributed by atoms with E-state index in [1.165, 1.54) is 11.5 Å². The fourth-order valence-corrected chi connectivity index (χ4v) is 2.23. The Morgan fingerprint density at radius 2 is 2.12 bits per heavy atom. The summed E-state index contributed by atoms with van der Waals surface area (Å²) in [5, 5.41) is 3.72. The number of urea groups is 1. The van der Waals surface area contributed by atoms with Crippen molar-refractivity contribution in [2.45, 2.75) is 40.0 Å². The predicted octanol–water partition coefficient (Wildman–Crippen LogP) is 3.53. The van der Waals surface area contributed by atoms with E-state index >= 15 is 0 Å². The summed E-state index contributed by atoms with van der Waals surface area (Å²) in [4.78, 5) is 13.6. The molecule has 0 saturated heterocycles. The minimum atomic E-state index is -0.0469. The minimum Gasteiger partial charge on any atom is -0.325 e. The molecular weight excluding hydrogens is 234 g/mol. The van der Waals surface area contributed by atoms with Gasteiger partial charge in [-0.2, -0.15) is 4.37 Å². The van der Waals surface area contributed by atoms with E-state index < -0.39 is 0 Å². The molecule has 17 heavy (non-hydrogen) atoms. The standard InChI is InChI=1S/C12H21N3OS/c1-5-9(4)10-8-11(17-14-10)13-12(16)15(6-2)7-3/h8-9H,5-7H2,1-4H3,(H,13,16). The maximum Gasteiger partial charge on any atom is 0.322 e. The zero-order chi connectivity index (χ0) is 12.8. The van der Waals surface area contributed by atoms with Gasteiger partial charge in [0, 0.05) is 13.1 Å². The van der Waals surface area contributed by atoms with Gasteiger partial charge in [0.2, 0.25) is 0 Å². The van der Waals surface area contributed by atoms with Crippen molar-refractivity contribution in [2.24, 2.45) is 0 Å². The number of amides is 2. The molecule has 1 N–H and O–H groups in total. The topological polar surface area (TPSA) is 45.2 Å². The second kappa shape index (κ2) is 6.59. The van der Waals surface area contributed by atoms with Crippen molar-refractivity contribution >= 4 is 22.6 Å². The van der Waals surface area contributed by atoms with Crippen LogP contribution >= 0.6 is 11.5 Å². The summed E-state index contributed by atoms with van der Waals surface area (Å²) in [5.41, 5.74) is 1.06. The van der Waals surface area contributed by atoms with Crippen LogP contribution in [-0.4, -0.2) is 28.4 Å². The summed E-state index contributed by atoms with van der Waals surface area (Å²) in [7, 11) is 0. The third kappa shape index (κ3) is 3.70. The van der Waals surface area contributed by atoms with Crippen molar-refractivity contribution in [1.29, 1.82) is 0 Å². The smallest absolute Gasteiger partial charge is 0.322 e. The number of nitrogens with one attached hydrogen (secondary N) is 1. The first-order chi connectivity index (χ1) is 8.12. The largest absolute Gasteiger partial charge is 0.325 e. The first-order valence-electron chi connectivity index (χ1n) is 6.14. The van der Waals surface area contributed by atoms with Crippen LogP contribution in [0.3, 0.4) is 0 Å². The average molecular weight is 255 g/mol. The van der Waals surface area contributed by atoms with Crippen LogP contribution in [-0.2, 0) is 0 Å². The van der Waals surface area contributed by atoms with Crippen molar-refractivity contribution in [2.75, 3.05) is 18.4 Å². The molecule has 1 aromatic rings. The van der Waals surface area contributed by atoms with Crippen molar-refractivity contribution < 1.29 is 4.79 Å². The highest BCUT2D eigenvalue weighted by Gasteiger charge is 2.13. The highest BCUT2D eigenvalue weighted by molar-refractivity contribution is 7.10. The quantitative estimate of drug-likeness (QED) is 0.874. The van der Waals surface area contributed by atoms with Crippen LogP contribution in [0.5, 0.6) is 0 Å². The lowest BCUT2D eigenvalue weighted by Crippen LogP contribution is -2.34. The van der Waals surface area contributed by atoms with Crippen molar-refractivity contribution in [3.8, 4) is 0 Å². The summed E-state index contributed by atoms with van der Waals surface area (Å²) in [6.07, 6.45) is 1.06. The molecule has 0 aliphatic carbocycles. The van der Waals surface area contributed by atoms with Crippen LogP contribution in [0.15, 0.2) is 6.07 Å². The summed E-state index contributed by atoms with van der Waals surface area (Å²) in [6, 6.07) is 1.93. The van der Waals surface area contributed by atoms with Crippen LogP contribution in [0.4, 0.5) is 9.80 Å². The Morgan fingerprint density at radius 1 is 1.47 bits per heavy atom. The van der Waals surface area contributed by atoms with Gasteiger partial charge in [-0.15, -0.1) is 0 Å². The van der Waals surface area contributed by atoms with Crippen LogP contribution < -0.4 is 5.32 Å². The number of carbonyl (C=O) groups is 1. The molecular formula is C12H21N3OS. The Balaban J connectivity index is 2.63. The van der Waals surface area contributed by atoms with E-state index in [-0.39, 0.29) is 6.03 Å². The summed E-state index contributed by atoms with van der Waals surface area (Å²) >= 11 is 1.35. The molecule has 0 saturated carbocycles. The number of nitrogens with zero attached hydrogens (tertiary/aromatic N) is 2. The molecule has 4 nitrogen and oxygen atoms in total. The minimum absolute atomic E-state index is 0.0469. The number of anilines is 1. The molecule has 0 aromatic carbocycles. The molecule has 0 bridgehead atoms. The Bertz CT molecular complexity index is 360. The fraction of sp³-hybridized carbons (Fsp3) is 0.667. The van der Waals surface area contributed by atoms with E-state index in [2.05, 4.69) is 23.5 Å². The van der Waals surface area contributed by atoms with E-state index in [0.29, 0.717) is 5.92 Å². The van der Waals surface area contributed by atoms with Gasteiger partial charge in [-0.1, -0.05) is 13.8 Å². The maximum absolute atomic E-state index is 11.8. The molecule has 1 rings (SSSR count). The molecule has 2 amide bonds. The van der Waals surface area contributed by atoms with E-state index in [1.807, 2.05) is 19.9 Å². The molecule has 5 heteroatoms. The normalized spacial score (nSPS) is 12.2. The summed E-state index contributed by atoms with van der Waals surface area (Å²) in [6.45, 7) is 9.67. The van der Waals surface area contributed by atoms with Gasteiger partial charge in [-0.3, -0.25) is 5.32 Å². The second-order valence-corrected chi connectivity index (χ2v) is 4.83. The van der Waals surface area contributed by atoms with Crippen LogP contribution in [0.1, 0.15) is 45.7 Å². The van der Waals surface area contributed by atoms with Crippen molar-refractivity contribution in [1.82, 2.24) is 9.27 Å². The number of aromatic nitrogens is 1. The molecule has 0 fully saturated rings. The zero-order valence-electron chi connectivity index (χ0n) is 11.0. The van der Waals surface area contributed by atoms with E-state index in [4.69, 9.17) is 0 Å². The van der Waals surface area contributed by atoms with Gasteiger partial charge in [0.15, 0.2) is 0 Å². The molecule has 96 valence electrons. The molecule has 0 aliphatic rings. The third-order valence-corrected chi connectivity index (χ3v) is 3.65. The number of carbonyl (C=O) groups excluding carboxylic acids is 1. The Morgan fingerprint density at radius 3 is 2.65 bits per heavy atom. The SMILES string of the molecule is CCC(C)c1cc(NC(=O)N(CC)CC)sn1. The Kier molecular flexibility index (Phi) is 5.41. The molecule has 1 heterocycles. The van der Waals surface area contributed by atoms with Crippen LogP contribution in [0.2, 0.25) is 0 Å². The molecule has 1 aromatic heterocycles. The van der Waals surface area contributed by atoms with Crippen molar-refractivity contribution in [3.05, 3.63) is 11.8 Å². The lowest BCUT2D eigenvalue weighted by atomic mass is 10.1. The van der Waals surface area contributed by atoms with Gasteiger partial charge in [0.05, 0.1) is 5.69 Å². The third-order valence-electron chi connectivity index (χ3n) is 2.93. The monoisotopic (exact) mass is 255 g/mol. The molecule has 1 atom stereocenters. The predicted molar refractivity (Wildman–Crippen MR) is 72.8 cm³/mol. The van der Waals surface area contributed by atoms with E-state index in [1.54, 1.807) is 4.90 Å². The molecule has 0 radical (unpaired) electrons. The molecule has 0 spiro atoms. The van der Waals surface area contributed by atoms with Gasteiger partial charge in [-0.25, -0.2) is 4.79 Å². The number of hydrogen-bond donors (Lipinski definition) is 1. The van der Waals surface area contributed by atoms with Gasteiger partial charge >= 0.3 is 6.03 Å². The van der Waals surface area contributed by atoms with Gasteiger partial charge in [0.25, 0.3) is 0 Å². The van der Waals surface area contributed by atoms with Crippen molar-refractivity contribution in [3.63, 3.8) is 0 Å². The first kappa shape index (κ1) is 14.0. The molecule has 1 unspecified atom stereocenters. The zero-order valence-corrected chi connectivity index (χ0v) is 11.8. The highest BCUT2D eigenvalue weighted by Crippen LogP contribution is 2.24. The summed E-state index contributed by atoms with van der Waals surface area (Å²) < 4.78 is 4.36. The second-order valence-electron chi connectivity index (χ2n) is 4.03. The van der Waals surface area contributed by atoms with E-state index in [0.717, 1.165) is 30.2 Å². The average Bonchev–Trinajstić information content (AvgIpc) is 2.78. The van der Waals surface area contributed by atoms with E-state index in [9.17, 15) is 4.79 Å². The Labute approximate surface area is 107 Å². The maximum atomic E-state index is 11.8. The van der Waals surface area contributed by atoms with Gasteiger partial charge in [0.1, 0.15) is 5.00 Å². The number of hydrogen-bond acceptors (Lipinski definition) is 3. The van der Waals surface area contributed by atoms with Gasteiger partial charge < -0.3 is 4.90 Å². The van der Waals surface area contributed by atoms with Crippen LogP contribution in [0, 0.1) is 0 Å².